The molecule has 134 valence electrons. The molecule has 0 N–H and O–H groups in total. The number of anilines is 1. The van der Waals surface area contributed by atoms with Crippen molar-refractivity contribution in [2.45, 2.75) is 0 Å². The number of hydrogen-bond donors (Lipinski definition) is 0. The third-order valence-electron chi connectivity index (χ3n) is 4.82. The Morgan fingerprint density at radius 2 is 1.92 bits per heavy atom. The second kappa shape index (κ2) is 6.76. The Kier molecular flexibility index (Phi) is 4.30. The number of carbonyl (C=O) groups excluding carboxylic acids is 1. The van der Waals surface area contributed by atoms with Gasteiger partial charge in [0.25, 0.3) is 0 Å². The Morgan fingerprint density at radius 1 is 1.12 bits per heavy atom. The molecule has 0 aliphatic carbocycles. The lowest BCUT2D eigenvalue weighted by atomic mass is 10.1. The third-order valence-corrected chi connectivity index (χ3v) is 4.82. The quantitative estimate of drug-likeness (QED) is 0.670. The van der Waals surface area contributed by atoms with Gasteiger partial charge in [0.2, 0.25) is 0 Å². The van der Waals surface area contributed by atoms with Crippen molar-refractivity contribution in [3.05, 3.63) is 42.2 Å². The first kappa shape index (κ1) is 16.5. The van der Waals surface area contributed by atoms with Crippen LogP contribution in [0.5, 0.6) is 5.75 Å². The van der Waals surface area contributed by atoms with Crippen LogP contribution in [0.1, 0.15) is 10.5 Å². The van der Waals surface area contributed by atoms with E-state index in [1.165, 1.54) is 0 Å². The summed E-state index contributed by atoms with van der Waals surface area (Å²) in [6.45, 7) is 4.03. The zero-order chi connectivity index (χ0) is 18.1. The van der Waals surface area contributed by atoms with E-state index in [4.69, 9.17) is 4.74 Å². The van der Waals surface area contributed by atoms with Crippen LogP contribution in [0, 0.1) is 0 Å². The first-order chi connectivity index (χ1) is 12.7. The average molecular weight is 351 g/mol. The Morgan fingerprint density at radius 3 is 2.65 bits per heavy atom. The van der Waals surface area contributed by atoms with Crippen LogP contribution in [0.4, 0.5) is 5.69 Å². The van der Waals surface area contributed by atoms with Crippen LogP contribution in [0.25, 0.3) is 16.9 Å². The SMILES string of the molecule is COc1cc(-c2cnc3ccc(C=O)nn23)ccc1N1CCN(C)CC1. The number of aldehydes is 1. The summed E-state index contributed by atoms with van der Waals surface area (Å²) in [6, 6.07) is 9.59. The molecule has 1 saturated heterocycles. The molecule has 1 aromatic carbocycles. The molecule has 0 spiro atoms. The minimum atomic E-state index is 0.373. The molecule has 1 aliphatic rings. The molecule has 0 unspecified atom stereocenters. The van der Waals surface area contributed by atoms with Gasteiger partial charge < -0.3 is 14.5 Å². The van der Waals surface area contributed by atoms with Gasteiger partial charge in [0.1, 0.15) is 11.4 Å². The van der Waals surface area contributed by atoms with E-state index in [0.29, 0.717) is 11.3 Å². The summed E-state index contributed by atoms with van der Waals surface area (Å²) in [7, 11) is 3.83. The van der Waals surface area contributed by atoms with Gasteiger partial charge in [-0.05, 0) is 31.3 Å². The van der Waals surface area contributed by atoms with Crippen molar-refractivity contribution in [1.82, 2.24) is 19.5 Å². The van der Waals surface area contributed by atoms with E-state index in [1.807, 2.05) is 6.07 Å². The number of nitrogens with zero attached hydrogens (tertiary/aromatic N) is 5. The summed E-state index contributed by atoms with van der Waals surface area (Å²) in [6.07, 6.45) is 2.50. The number of methoxy groups -OCH3 is 1. The van der Waals surface area contributed by atoms with E-state index in [-0.39, 0.29) is 0 Å². The van der Waals surface area contributed by atoms with Crippen LogP contribution in [0.2, 0.25) is 0 Å². The molecule has 0 radical (unpaired) electrons. The van der Waals surface area contributed by atoms with Crippen LogP contribution in [0.15, 0.2) is 36.5 Å². The molecule has 3 heterocycles. The fraction of sp³-hybridized carbons (Fsp3) is 0.316. The molecule has 7 heteroatoms. The summed E-state index contributed by atoms with van der Waals surface area (Å²) < 4.78 is 7.35. The second-order valence-electron chi connectivity index (χ2n) is 6.47. The highest BCUT2D eigenvalue weighted by molar-refractivity contribution is 5.74. The molecular weight excluding hydrogens is 330 g/mol. The van der Waals surface area contributed by atoms with Crippen LogP contribution < -0.4 is 9.64 Å². The van der Waals surface area contributed by atoms with E-state index in [0.717, 1.165) is 55.2 Å². The Hall–Kier alpha value is -2.93. The predicted molar refractivity (Wildman–Crippen MR) is 100 cm³/mol. The van der Waals surface area contributed by atoms with E-state index in [2.05, 4.69) is 39.1 Å². The molecule has 0 amide bonds. The highest BCUT2D eigenvalue weighted by Gasteiger charge is 2.19. The fourth-order valence-corrected chi connectivity index (χ4v) is 3.29. The van der Waals surface area contributed by atoms with Gasteiger partial charge in [-0.2, -0.15) is 5.10 Å². The minimum Gasteiger partial charge on any atom is -0.495 e. The lowest BCUT2D eigenvalue weighted by Crippen LogP contribution is -2.44. The number of hydrogen-bond acceptors (Lipinski definition) is 6. The Labute approximate surface area is 151 Å². The molecule has 1 fully saturated rings. The molecular formula is C19H21N5O2. The number of rotatable bonds is 4. The van der Waals surface area contributed by atoms with Gasteiger partial charge in [0.15, 0.2) is 11.9 Å². The molecule has 1 aliphatic heterocycles. The zero-order valence-electron chi connectivity index (χ0n) is 14.9. The lowest BCUT2D eigenvalue weighted by molar-refractivity contribution is 0.111. The maximum atomic E-state index is 11.0. The van der Waals surface area contributed by atoms with E-state index < -0.39 is 0 Å². The third kappa shape index (κ3) is 2.90. The van der Waals surface area contributed by atoms with Gasteiger partial charge in [-0.25, -0.2) is 9.50 Å². The molecule has 7 nitrogen and oxygen atoms in total. The topological polar surface area (TPSA) is 63.0 Å². The fourth-order valence-electron chi connectivity index (χ4n) is 3.29. The van der Waals surface area contributed by atoms with Gasteiger partial charge in [0.05, 0.1) is 24.7 Å². The largest absolute Gasteiger partial charge is 0.495 e. The highest BCUT2D eigenvalue weighted by Crippen LogP contribution is 2.33. The van der Waals surface area contributed by atoms with Crippen molar-refractivity contribution in [2.24, 2.45) is 0 Å². The van der Waals surface area contributed by atoms with Crippen molar-refractivity contribution in [3.63, 3.8) is 0 Å². The van der Waals surface area contributed by atoms with Gasteiger partial charge in [0, 0.05) is 31.7 Å². The van der Waals surface area contributed by atoms with E-state index in [9.17, 15) is 4.79 Å². The van der Waals surface area contributed by atoms with E-state index in [1.54, 1.807) is 30.0 Å². The zero-order valence-corrected chi connectivity index (χ0v) is 14.9. The summed E-state index contributed by atoms with van der Waals surface area (Å²) in [5.74, 6) is 0.827. The van der Waals surface area contributed by atoms with E-state index >= 15 is 0 Å². The molecule has 4 rings (SSSR count). The number of piperazine rings is 1. The van der Waals surface area contributed by atoms with Gasteiger partial charge in [-0.1, -0.05) is 6.07 Å². The predicted octanol–water partition coefficient (Wildman–Crippen LogP) is 1.97. The van der Waals surface area contributed by atoms with Crippen molar-refractivity contribution in [1.29, 1.82) is 0 Å². The highest BCUT2D eigenvalue weighted by atomic mass is 16.5. The van der Waals surface area contributed by atoms with Crippen molar-refractivity contribution in [3.8, 4) is 17.0 Å². The summed E-state index contributed by atoms with van der Waals surface area (Å²) in [5.41, 5.74) is 3.94. The van der Waals surface area contributed by atoms with Gasteiger partial charge in [-0.3, -0.25) is 4.79 Å². The van der Waals surface area contributed by atoms with Crippen molar-refractivity contribution in [2.75, 3.05) is 45.2 Å². The second-order valence-corrected chi connectivity index (χ2v) is 6.47. The monoisotopic (exact) mass is 351 g/mol. The average Bonchev–Trinajstić information content (AvgIpc) is 3.11. The molecule has 3 aromatic rings. The normalized spacial score (nSPS) is 15.4. The Balaban J connectivity index is 1.73. The van der Waals surface area contributed by atoms with Crippen LogP contribution in [-0.4, -0.2) is 66.1 Å². The number of ether oxygens (including phenoxy) is 1. The van der Waals surface area contributed by atoms with Crippen molar-refractivity contribution >= 4 is 17.6 Å². The smallest absolute Gasteiger partial charge is 0.170 e. The number of carbonyl (C=O) groups is 1. The standard InChI is InChI=1S/C19H21N5O2/c1-22-7-9-23(10-8-22)16-5-3-14(11-18(16)26-2)17-12-20-19-6-4-15(13-25)21-24(17)19/h3-6,11-13H,7-10H2,1-2H3. The van der Waals surface area contributed by atoms with Crippen molar-refractivity contribution < 1.29 is 9.53 Å². The number of benzene rings is 1. The summed E-state index contributed by atoms with van der Waals surface area (Å²) in [4.78, 5) is 20.1. The van der Waals surface area contributed by atoms with Crippen LogP contribution in [0.3, 0.4) is 0 Å². The number of imidazole rings is 1. The van der Waals surface area contributed by atoms with Gasteiger partial charge in [-0.15, -0.1) is 0 Å². The summed E-state index contributed by atoms with van der Waals surface area (Å²) in [5, 5.41) is 4.34. The molecule has 0 bridgehead atoms. The Bertz CT molecular complexity index is 944. The van der Waals surface area contributed by atoms with Crippen LogP contribution >= 0.6 is 0 Å². The lowest BCUT2D eigenvalue weighted by Gasteiger charge is -2.34. The maximum absolute atomic E-state index is 11.0. The first-order valence-corrected chi connectivity index (χ1v) is 8.61. The molecule has 26 heavy (non-hydrogen) atoms. The number of fused-ring (bicyclic) bond motifs is 1. The van der Waals surface area contributed by atoms with Crippen LogP contribution in [-0.2, 0) is 0 Å². The number of likely N-dealkylation sites (N-methyl/N-ethyl adjacent to an activating group) is 1. The maximum Gasteiger partial charge on any atom is 0.170 e. The minimum absolute atomic E-state index is 0.373. The first-order valence-electron chi connectivity index (χ1n) is 8.61. The number of aromatic nitrogens is 3. The molecule has 2 aromatic heterocycles. The molecule has 0 atom stereocenters. The molecule has 0 saturated carbocycles. The van der Waals surface area contributed by atoms with Gasteiger partial charge >= 0.3 is 0 Å². The summed E-state index contributed by atoms with van der Waals surface area (Å²) >= 11 is 0.